The van der Waals surface area contributed by atoms with E-state index in [4.69, 9.17) is 9.47 Å². The molecule has 0 spiro atoms. The molecule has 0 aliphatic carbocycles. The second-order valence-electron chi connectivity index (χ2n) is 4.63. The SMILES string of the molecule is CCCNC(=O)C(C)Oc1cc(OC)ccc1[C@H](C)O. The van der Waals surface area contributed by atoms with Crippen molar-refractivity contribution in [3.63, 3.8) is 0 Å². The molecular weight excluding hydrogens is 258 g/mol. The highest BCUT2D eigenvalue weighted by atomic mass is 16.5. The number of nitrogens with one attached hydrogen (secondary N) is 1. The number of ether oxygens (including phenoxy) is 2. The first-order valence-corrected chi connectivity index (χ1v) is 6.80. The lowest BCUT2D eigenvalue weighted by molar-refractivity contribution is -0.127. The lowest BCUT2D eigenvalue weighted by Crippen LogP contribution is -2.36. The van der Waals surface area contributed by atoms with Gasteiger partial charge in [0.15, 0.2) is 6.10 Å². The van der Waals surface area contributed by atoms with Crippen LogP contribution in [0.25, 0.3) is 0 Å². The third-order valence-corrected chi connectivity index (χ3v) is 2.89. The van der Waals surface area contributed by atoms with Gasteiger partial charge in [0.05, 0.1) is 13.2 Å². The molecule has 0 saturated carbocycles. The van der Waals surface area contributed by atoms with Gasteiger partial charge in [0.25, 0.3) is 5.91 Å². The highest BCUT2D eigenvalue weighted by molar-refractivity contribution is 5.80. The number of aliphatic hydroxyl groups excluding tert-OH is 1. The highest BCUT2D eigenvalue weighted by Crippen LogP contribution is 2.30. The summed E-state index contributed by atoms with van der Waals surface area (Å²) in [5.41, 5.74) is 0.626. The zero-order valence-electron chi connectivity index (χ0n) is 12.5. The first-order chi connectivity index (χ1) is 9.49. The van der Waals surface area contributed by atoms with Gasteiger partial charge in [-0.15, -0.1) is 0 Å². The molecule has 1 aromatic rings. The Kier molecular flexibility index (Phi) is 6.31. The number of methoxy groups -OCH3 is 1. The highest BCUT2D eigenvalue weighted by Gasteiger charge is 2.18. The van der Waals surface area contributed by atoms with Crippen LogP contribution < -0.4 is 14.8 Å². The Morgan fingerprint density at radius 3 is 2.65 bits per heavy atom. The molecule has 20 heavy (non-hydrogen) atoms. The Balaban J connectivity index is 2.86. The zero-order valence-corrected chi connectivity index (χ0v) is 12.5. The first kappa shape index (κ1) is 16.3. The van der Waals surface area contributed by atoms with Crippen LogP contribution in [0.5, 0.6) is 11.5 Å². The number of carbonyl (C=O) groups is 1. The fourth-order valence-electron chi connectivity index (χ4n) is 1.72. The molecule has 0 saturated heterocycles. The minimum absolute atomic E-state index is 0.175. The van der Waals surface area contributed by atoms with Crippen LogP contribution in [0.15, 0.2) is 18.2 Å². The van der Waals surface area contributed by atoms with Gasteiger partial charge < -0.3 is 19.9 Å². The van der Waals surface area contributed by atoms with Crippen LogP contribution >= 0.6 is 0 Å². The average molecular weight is 281 g/mol. The second kappa shape index (κ2) is 7.75. The van der Waals surface area contributed by atoms with Crippen LogP contribution in [0.2, 0.25) is 0 Å². The zero-order chi connectivity index (χ0) is 15.1. The smallest absolute Gasteiger partial charge is 0.260 e. The van der Waals surface area contributed by atoms with E-state index in [2.05, 4.69) is 5.32 Å². The molecule has 1 amide bonds. The summed E-state index contributed by atoms with van der Waals surface area (Å²) in [5.74, 6) is 0.898. The molecule has 5 heteroatoms. The number of carbonyl (C=O) groups excluding carboxylic acids is 1. The topological polar surface area (TPSA) is 67.8 Å². The van der Waals surface area contributed by atoms with Gasteiger partial charge in [-0.2, -0.15) is 0 Å². The van der Waals surface area contributed by atoms with Crippen LogP contribution in [0.3, 0.4) is 0 Å². The number of rotatable bonds is 7. The minimum Gasteiger partial charge on any atom is -0.497 e. The summed E-state index contributed by atoms with van der Waals surface area (Å²) in [6.07, 6.45) is -0.440. The molecule has 2 N–H and O–H groups in total. The molecule has 0 fully saturated rings. The fourth-order valence-corrected chi connectivity index (χ4v) is 1.72. The molecule has 1 aromatic carbocycles. The Morgan fingerprint density at radius 1 is 1.40 bits per heavy atom. The number of aliphatic hydroxyl groups is 1. The quantitative estimate of drug-likeness (QED) is 0.802. The normalized spacial score (nSPS) is 13.4. The summed E-state index contributed by atoms with van der Waals surface area (Å²) in [6, 6.07) is 5.15. The Bertz CT molecular complexity index is 445. The third kappa shape index (κ3) is 4.42. The summed E-state index contributed by atoms with van der Waals surface area (Å²) in [5, 5.41) is 12.5. The molecule has 0 radical (unpaired) electrons. The van der Waals surface area contributed by atoms with E-state index in [1.807, 2.05) is 6.92 Å². The van der Waals surface area contributed by atoms with E-state index in [9.17, 15) is 9.90 Å². The number of hydrogen-bond acceptors (Lipinski definition) is 4. The van der Waals surface area contributed by atoms with Crippen molar-refractivity contribution in [2.24, 2.45) is 0 Å². The van der Waals surface area contributed by atoms with Crippen LogP contribution in [0.1, 0.15) is 38.9 Å². The van der Waals surface area contributed by atoms with Crippen LogP contribution in [0.4, 0.5) is 0 Å². The predicted octanol–water partition coefficient (Wildman–Crippen LogP) is 2.04. The molecule has 0 aromatic heterocycles. The van der Waals surface area contributed by atoms with Gasteiger partial charge in [-0.05, 0) is 32.4 Å². The molecule has 5 nitrogen and oxygen atoms in total. The molecule has 2 atom stereocenters. The summed E-state index contributed by atoms with van der Waals surface area (Å²) >= 11 is 0. The van der Waals surface area contributed by atoms with Crippen LogP contribution in [-0.4, -0.2) is 30.8 Å². The monoisotopic (exact) mass is 281 g/mol. The molecule has 0 heterocycles. The summed E-state index contributed by atoms with van der Waals surface area (Å²) in [7, 11) is 1.55. The van der Waals surface area contributed by atoms with Crippen molar-refractivity contribution in [2.75, 3.05) is 13.7 Å². The van der Waals surface area contributed by atoms with E-state index < -0.39 is 12.2 Å². The second-order valence-corrected chi connectivity index (χ2v) is 4.63. The average Bonchev–Trinajstić information content (AvgIpc) is 2.44. The summed E-state index contributed by atoms with van der Waals surface area (Å²) in [4.78, 5) is 11.8. The number of hydrogen-bond donors (Lipinski definition) is 2. The van der Waals surface area contributed by atoms with Gasteiger partial charge in [-0.25, -0.2) is 0 Å². The van der Waals surface area contributed by atoms with Crippen molar-refractivity contribution >= 4 is 5.91 Å². The maximum Gasteiger partial charge on any atom is 0.260 e. The first-order valence-electron chi connectivity index (χ1n) is 6.80. The lowest BCUT2D eigenvalue weighted by atomic mass is 10.1. The summed E-state index contributed by atoms with van der Waals surface area (Å²) in [6.45, 7) is 5.93. The van der Waals surface area contributed by atoms with Crippen molar-refractivity contribution in [3.8, 4) is 11.5 Å². The number of amides is 1. The van der Waals surface area contributed by atoms with Gasteiger partial charge >= 0.3 is 0 Å². The van der Waals surface area contributed by atoms with E-state index in [0.29, 0.717) is 23.6 Å². The largest absolute Gasteiger partial charge is 0.497 e. The standard InChI is InChI=1S/C15H23NO4/c1-5-8-16-15(18)11(3)20-14-9-12(19-4)6-7-13(14)10(2)17/h6-7,9-11,17H,5,8H2,1-4H3,(H,16,18)/t10-,11?/m0/s1. The van der Waals surface area contributed by atoms with Crippen molar-refractivity contribution < 1.29 is 19.4 Å². The van der Waals surface area contributed by atoms with Crippen molar-refractivity contribution in [1.29, 1.82) is 0 Å². The van der Waals surface area contributed by atoms with Gasteiger partial charge in [0.2, 0.25) is 0 Å². The van der Waals surface area contributed by atoms with Gasteiger partial charge in [0, 0.05) is 18.2 Å². The van der Waals surface area contributed by atoms with E-state index in [1.165, 1.54) is 0 Å². The fraction of sp³-hybridized carbons (Fsp3) is 0.533. The molecular formula is C15H23NO4. The maximum absolute atomic E-state index is 11.8. The lowest BCUT2D eigenvalue weighted by Gasteiger charge is -2.19. The molecule has 1 unspecified atom stereocenters. The van der Waals surface area contributed by atoms with Crippen LogP contribution in [-0.2, 0) is 4.79 Å². The van der Waals surface area contributed by atoms with Crippen LogP contribution in [0, 0.1) is 0 Å². The molecule has 1 rings (SSSR count). The predicted molar refractivity (Wildman–Crippen MR) is 77.0 cm³/mol. The third-order valence-electron chi connectivity index (χ3n) is 2.89. The van der Waals surface area contributed by atoms with Gasteiger partial charge in [-0.3, -0.25) is 4.79 Å². The van der Waals surface area contributed by atoms with E-state index in [1.54, 1.807) is 39.2 Å². The molecule has 112 valence electrons. The molecule has 0 aliphatic rings. The Labute approximate surface area is 119 Å². The summed E-state index contributed by atoms with van der Waals surface area (Å²) < 4.78 is 10.8. The van der Waals surface area contributed by atoms with Crippen molar-refractivity contribution in [1.82, 2.24) is 5.32 Å². The maximum atomic E-state index is 11.8. The van der Waals surface area contributed by atoms with Crippen molar-refractivity contribution in [3.05, 3.63) is 23.8 Å². The Morgan fingerprint density at radius 2 is 2.10 bits per heavy atom. The minimum atomic E-state index is -0.679. The van der Waals surface area contributed by atoms with E-state index in [0.717, 1.165) is 6.42 Å². The Hall–Kier alpha value is -1.75. The molecule has 0 bridgehead atoms. The van der Waals surface area contributed by atoms with Crippen molar-refractivity contribution in [2.45, 2.75) is 39.4 Å². The number of benzene rings is 1. The van der Waals surface area contributed by atoms with Gasteiger partial charge in [0.1, 0.15) is 11.5 Å². The van der Waals surface area contributed by atoms with E-state index >= 15 is 0 Å². The van der Waals surface area contributed by atoms with Gasteiger partial charge in [-0.1, -0.05) is 6.92 Å². The van der Waals surface area contributed by atoms with E-state index in [-0.39, 0.29) is 5.91 Å². The molecule has 0 aliphatic heterocycles.